The van der Waals surface area contributed by atoms with E-state index in [-0.39, 0.29) is 83.1 Å². The third-order valence-electron chi connectivity index (χ3n) is 12.7. The molecule has 5 N–H and O–H groups in total. The lowest BCUT2D eigenvalue weighted by molar-refractivity contribution is -0.140. The normalized spacial score (nSPS) is 16.1. The number of carbonyl (C=O) groups is 7. The van der Waals surface area contributed by atoms with Gasteiger partial charge in [-0.05, 0) is 155 Å². The molecular formula is C64H87N9O12. The number of aryl methyl sites for hydroxylation is 1. The molecule has 85 heavy (non-hydrogen) atoms. The second kappa shape index (κ2) is 30.4. The molecule has 1 aliphatic heterocycles. The Kier molecular flexibility index (Phi) is 24.0. The van der Waals surface area contributed by atoms with E-state index in [2.05, 4.69) is 15.3 Å². The number of amides is 7. The molecule has 4 aromatic rings. The zero-order valence-corrected chi connectivity index (χ0v) is 51.5. The molecule has 0 saturated carbocycles. The van der Waals surface area contributed by atoms with Gasteiger partial charge >= 0.3 is 24.4 Å². The van der Waals surface area contributed by atoms with Gasteiger partial charge in [-0.3, -0.25) is 14.4 Å². The molecule has 1 aliphatic rings. The van der Waals surface area contributed by atoms with Gasteiger partial charge in [0.1, 0.15) is 40.8 Å². The monoisotopic (exact) mass is 1170 g/mol. The number of fused-ring (bicyclic) bond motifs is 1. The van der Waals surface area contributed by atoms with E-state index < -0.39 is 76.7 Å². The lowest BCUT2D eigenvalue weighted by Gasteiger charge is -2.33. The van der Waals surface area contributed by atoms with Gasteiger partial charge in [0.2, 0.25) is 29.6 Å². The molecule has 4 aromatic carbocycles. The third-order valence-corrected chi connectivity index (χ3v) is 12.7. The van der Waals surface area contributed by atoms with E-state index in [4.69, 9.17) is 35.2 Å². The maximum atomic E-state index is 15.3. The Labute approximate surface area is 500 Å². The van der Waals surface area contributed by atoms with E-state index in [0.717, 1.165) is 37.3 Å². The van der Waals surface area contributed by atoms with Gasteiger partial charge in [-0.2, -0.15) is 0 Å². The highest BCUT2D eigenvalue weighted by Crippen LogP contribution is 2.22. The van der Waals surface area contributed by atoms with Gasteiger partial charge in [0, 0.05) is 45.2 Å². The summed E-state index contributed by atoms with van der Waals surface area (Å²) in [6.07, 6.45) is 0.244. The average molecular weight is 1170 g/mol. The quantitative estimate of drug-likeness (QED) is 0.0408. The molecule has 5 rings (SSSR count). The van der Waals surface area contributed by atoms with Crippen molar-refractivity contribution in [1.29, 1.82) is 0 Å². The van der Waals surface area contributed by atoms with Gasteiger partial charge in [-0.25, -0.2) is 29.0 Å². The molecule has 0 fully saturated rings. The number of carbonyl (C=O) groups excluding carboxylic acids is 7. The Bertz CT molecular complexity index is 3030. The zero-order valence-electron chi connectivity index (χ0n) is 51.5. The van der Waals surface area contributed by atoms with E-state index in [1.54, 1.807) is 100 Å². The lowest BCUT2D eigenvalue weighted by Crippen LogP contribution is -2.54. The highest BCUT2D eigenvalue weighted by atomic mass is 16.6. The van der Waals surface area contributed by atoms with E-state index in [1.165, 1.54) is 4.90 Å². The summed E-state index contributed by atoms with van der Waals surface area (Å²) in [6.45, 7) is 20.0. The first-order valence-corrected chi connectivity index (χ1v) is 28.7. The van der Waals surface area contributed by atoms with Crippen LogP contribution in [0.2, 0.25) is 0 Å². The van der Waals surface area contributed by atoms with Gasteiger partial charge in [0.05, 0.1) is 6.42 Å². The van der Waals surface area contributed by atoms with Crippen molar-refractivity contribution in [3.05, 3.63) is 126 Å². The van der Waals surface area contributed by atoms with E-state index in [0.29, 0.717) is 18.8 Å². The van der Waals surface area contributed by atoms with Crippen LogP contribution in [0.5, 0.6) is 5.75 Å². The van der Waals surface area contributed by atoms with Gasteiger partial charge in [-0.1, -0.05) is 97.1 Å². The van der Waals surface area contributed by atoms with Crippen LogP contribution in [-0.2, 0) is 52.8 Å². The first-order chi connectivity index (χ1) is 39.8. The predicted molar refractivity (Wildman–Crippen MR) is 326 cm³/mol. The molecule has 0 saturated heterocycles. The van der Waals surface area contributed by atoms with Crippen molar-refractivity contribution in [1.82, 2.24) is 24.9 Å². The molecule has 0 aromatic heterocycles. The lowest BCUT2D eigenvalue weighted by atomic mass is 10.0. The van der Waals surface area contributed by atoms with Gasteiger partial charge < -0.3 is 50.3 Å². The number of guanidine groups is 2. The fourth-order valence-corrected chi connectivity index (χ4v) is 8.84. The van der Waals surface area contributed by atoms with Crippen molar-refractivity contribution in [2.24, 2.45) is 21.5 Å². The van der Waals surface area contributed by atoms with Crippen LogP contribution < -0.4 is 21.5 Å². The second-order valence-corrected chi connectivity index (χ2v) is 24.8. The van der Waals surface area contributed by atoms with Crippen molar-refractivity contribution in [2.75, 3.05) is 32.7 Å². The Morgan fingerprint density at radius 1 is 0.588 bits per heavy atom. The Morgan fingerprint density at radius 3 is 1.65 bits per heavy atom. The topological polar surface area (TPSA) is 267 Å². The number of nitrogens with zero attached hydrogens (tertiary/aromatic N) is 6. The highest BCUT2D eigenvalue weighted by Gasteiger charge is 2.34. The first-order valence-electron chi connectivity index (χ1n) is 28.7. The Balaban J connectivity index is 1.52. The zero-order chi connectivity index (χ0) is 62.7. The summed E-state index contributed by atoms with van der Waals surface area (Å²) in [5.41, 5.74) is 11.5. The van der Waals surface area contributed by atoms with Crippen LogP contribution in [0.25, 0.3) is 10.8 Å². The molecule has 21 nitrogen and oxygen atoms in total. The minimum atomic E-state index is -1.19. The molecule has 0 radical (unpaired) electrons. The van der Waals surface area contributed by atoms with Gasteiger partial charge in [0.25, 0.3) is 0 Å². The van der Waals surface area contributed by atoms with E-state index in [9.17, 15) is 28.8 Å². The molecule has 0 bridgehead atoms. The Morgan fingerprint density at radius 2 is 1.09 bits per heavy atom. The van der Waals surface area contributed by atoms with E-state index in [1.807, 2.05) is 97.1 Å². The summed E-state index contributed by atoms with van der Waals surface area (Å²) in [4.78, 5) is 111. The highest BCUT2D eigenvalue weighted by molar-refractivity contribution is 5.99. The molecule has 7 amide bonds. The van der Waals surface area contributed by atoms with Crippen LogP contribution >= 0.6 is 0 Å². The van der Waals surface area contributed by atoms with Crippen molar-refractivity contribution in [3.63, 3.8) is 0 Å². The van der Waals surface area contributed by atoms with Crippen LogP contribution in [-0.4, -0.2) is 141 Å². The van der Waals surface area contributed by atoms with Gasteiger partial charge in [0.15, 0.2) is 0 Å². The minimum Gasteiger partial charge on any atom is -0.489 e. The third kappa shape index (κ3) is 24.0. The van der Waals surface area contributed by atoms with Gasteiger partial charge in [-0.15, -0.1) is 9.98 Å². The average Bonchev–Trinajstić information content (AvgIpc) is 3.64. The Hall–Kier alpha value is -8.49. The van der Waals surface area contributed by atoms with Crippen LogP contribution in [0.3, 0.4) is 0 Å². The van der Waals surface area contributed by atoms with Crippen LogP contribution in [0, 0.1) is 0 Å². The van der Waals surface area contributed by atoms with Crippen molar-refractivity contribution >= 4 is 64.8 Å². The molecule has 1 heterocycles. The summed E-state index contributed by atoms with van der Waals surface area (Å²) >= 11 is 0. The van der Waals surface area contributed by atoms with Crippen molar-refractivity contribution in [2.45, 2.75) is 169 Å². The number of benzene rings is 4. The van der Waals surface area contributed by atoms with Crippen LogP contribution in [0.1, 0.15) is 132 Å². The van der Waals surface area contributed by atoms with Crippen molar-refractivity contribution in [3.8, 4) is 5.75 Å². The standard InChI is InChI=1S/C64H87N9O12/c1-61(2,3)82-57(77)68-55(65)72(59(79)84-63(7,8)9)38-20-26-49-42-70(53(75)41-46-28-32-47-24-16-17-25-48(47)40-46)36-18-19-37-71(52(74)35-31-44-29-33-50(34-30-44)81-43-45-22-14-13-15-23-45)51(54(76)67-49)27-21-39-73(60(80)85-64(10,11)12)56(66)69-58(78)83-62(4,5)6/h13-19,22-25,28-30,32-34,40,49,51H,20-21,26-27,31,35-39,41-43H2,1-12H3,(H,67,76)(H2,65,68,77)(H2,66,69,78)/b19-18+/t49-,51-/m1/s1. The summed E-state index contributed by atoms with van der Waals surface area (Å²) in [6, 6.07) is 28.9. The molecular weight excluding hydrogens is 1090 g/mol. The number of aliphatic imine (C=N–C) groups is 2. The first kappa shape index (κ1) is 67.3. The molecule has 0 aliphatic carbocycles. The number of hydrogen-bond acceptors (Lipinski definition) is 12. The minimum absolute atomic E-state index is 0.00602. The predicted octanol–water partition coefficient (Wildman–Crippen LogP) is 10.2. The smallest absolute Gasteiger partial charge is 0.437 e. The summed E-state index contributed by atoms with van der Waals surface area (Å²) in [5, 5.41) is 5.14. The number of rotatable bonds is 16. The summed E-state index contributed by atoms with van der Waals surface area (Å²) in [7, 11) is 0. The summed E-state index contributed by atoms with van der Waals surface area (Å²) < 4.78 is 28.1. The van der Waals surface area contributed by atoms with E-state index >= 15 is 4.79 Å². The number of ether oxygens (including phenoxy) is 5. The number of hydrogen-bond donors (Lipinski definition) is 3. The maximum absolute atomic E-state index is 15.3. The fraction of sp³-hybridized carbons (Fsp3) is 0.484. The molecule has 21 heteroatoms. The summed E-state index contributed by atoms with van der Waals surface area (Å²) in [5.74, 6) is -1.52. The number of nitrogens with two attached hydrogens (primary N) is 2. The molecule has 0 spiro atoms. The van der Waals surface area contributed by atoms with Crippen LogP contribution in [0.15, 0.2) is 119 Å². The molecule has 2 atom stereocenters. The molecule has 460 valence electrons. The van der Waals surface area contributed by atoms with Crippen molar-refractivity contribution < 1.29 is 57.2 Å². The largest absolute Gasteiger partial charge is 0.489 e. The molecule has 0 unspecified atom stereocenters. The fourth-order valence-electron chi connectivity index (χ4n) is 8.84. The SMILES string of the molecule is CC(C)(C)OC(=O)/N=C(\N)N(CCC[C@@H]1CN(C(=O)Cc2ccc3ccccc3c2)C/C=C/CN(C(=O)CCc2ccc(OCc3ccccc3)cc2)[C@H](CCCN(C(=O)OC(C)(C)C)/C(N)=N/C(=O)OC(C)(C)C)C(=O)N1)C(=O)OC(C)(C)C. The number of nitrogens with one attached hydrogen (secondary N) is 1. The van der Waals surface area contributed by atoms with Crippen LogP contribution in [0.4, 0.5) is 19.2 Å². The second-order valence-electron chi connectivity index (χ2n) is 24.8. The maximum Gasteiger partial charge on any atom is 0.437 e.